The van der Waals surface area contributed by atoms with Crippen LogP contribution < -0.4 is 11.1 Å². The summed E-state index contributed by atoms with van der Waals surface area (Å²) in [6, 6.07) is 8.17. The molecule has 0 spiro atoms. The molecule has 1 fully saturated rings. The number of hydrogen-bond acceptors (Lipinski definition) is 6. The summed E-state index contributed by atoms with van der Waals surface area (Å²) in [7, 11) is 0. The highest BCUT2D eigenvalue weighted by Crippen LogP contribution is 2.37. The number of amides is 2. The topological polar surface area (TPSA) is 119 Å². The highest BCUT2D eigenvalue weighted by Gasteiger charge is 2.31. The zero-order valence-corrected chi connectivity index (χ0v) is 23.3. The molecule has 1 atom stereocenters. The number of rotatable bonds is 3. The number of fused-ring (bicyclic) bond motifs is 3. The molecule has 0 radical (unpaired) electrons. The summed E-state index contributed by atoms with van der Waals surface area (Å²) < 4.78 is 41.2. The second-order valence-corrected chi connectivity index (χ2v) is 10.9. The van der Waals surface area contributed by atoms with Crippen molar-refractivity contribution in [2.75, 3.05) is 24.1 Å². The largest absolute Gasteiger partial charge is 0.416 e. The minimum Gasteiger partial charge on any atom is -0.383 e. The molecule has 222 valence electrons. The van der Waals surface area contributed by atoms with Crippen molar-refractivity contribution in [2.45, 2.75) is 50.7 Å². The van der Waals surface area contributed by atoms with Gasteiger partial charge in [-0.05, 0) is 56.4 Å². The highest BCUT2D eigenvalue weighted by atomic mass is 19.4. The number of anilines is 2. The number of piperidine rings is 1. The van der Waals surface area contributed by atoms with Gasteiger partial charge in [0.1, 0.15) is 17.3 Å². The third-order valence-corrected chi connectivity index (χ3v) is 7.94. The normalized spacial score (nSPS) is 18.4. The average Bonchev–Trinajstić information content (AvgIpc) is 3.41. The Morgan fingerprint density at radius 1 is 1.07 bits per heavy atom. The number of allylic oxidation sites excluding steroid dienone is 1. The van der Waals surface area contributed by atoms with Gasteiger partial charge in [-0.1, -0.05) is 24.3 Å². The Balaban J connectivity index is 1.36. The van der Waals surface area contributed by atoms with Crippen molar-refractivity contribution < 1.29 is 22.8 Å². The van der Waals surface area contributed by atoms with Gasteiger partial charge in [0.25, 0.3) is 5.91 Å². The Morgan fingerprint density at radius 3 is 2.67 bits per heavy atom. The summed E-state index contributed by atoms with van der Waals surface area (Å²) in [4.78, 5) is 36.0. The van der Waals surface area contributed by atoms with Gasteiger partial charge < -0.3 is 16.0 Å². The molecule has 3 N–H and O–H groups in total. The lowest BCUT2D eigenvalue weighted by Gasteiger charge is -2.33. The average molecular weight is 590 g/mol. The molecule has 6 rings (SSSR count). The predicted molar refractivity (Wildman–Crippen MR) is 157 cm³/mol. The first-order valence-corrected chi connectivity index (χ1v) is 14.2. The van der Waals surface area contributed by atoms with Crippen LogP contribution in [0.15, 0.2) is 54.9 Å². The molecule has 2 aliphatic rings. The van der Waals surface area contributed by atoms with Gasteiger partial charge in [-0.2, -0.15) is 18.3 Å². The molecular weight excluding hydrogens is 559 g/mol. The first-order chi connectivity index (χ1) is 20.7. The number of aromatic nitrogens is 4. The molecule has 0 aliphatic carbocycles. The van der Waals surface area contributed by atoms with Crippen LogP contribution in [0.2, 0.25) is 0 Å². The van der Waals surface area contributed by atoms with Gasteiger partial charge in [-0.25, -0.2) is 9.97 Å². The number of nitrogens with two attached hydrogens (primary N) is 1. The van der Waals surface area contributed by atoms with E-state index in [1.165, 1.54) is 0 Å². The summed E-state index contributed by atoms with van der Waals surface area (Å²) in [6.45, 7) is 1.29. The SMILES string of the molecule is Nc1ncc2c3c1c(-c1ccc(C(=O)Nc4cc(C(F)(F)F)ccn4)cc1)nn3[C@@H]1CCCN(C1)C(=O)CCCC/C=C/2. The highest BCUT2D eigenvalue weighted by molar-refractivity contribution is 6.06. The van der Waals surface area contributed by atoms with Crippen LogP contribution in [0.5, 0.6) is 0 Å². The molecule has 0 unspecified atom stereocenters. The van der Waals surface area contributed by atoms with Crippen LogP contribution in [0.1, 0.15) is 66.1 Å². The van der Waals surface area contributed by atoms with E-state index in [0.717, 1.165) is 68.1 Å². The third kappa shape index (κ3) is 5.81. The number of hydrogen-bond donors (Lipinski definition) is 2. The first kappa shape index (κ1) is 28.4. The van der Waals surface area contributed by atoms with Gasteiger partial charge in [-0.15, -0.1) is 0 Å². The van der Waals surface area contributed by atoms with E-state index in [4.69, 9.17) is 10.8 Å². The van der Waals surface area contributed by atoms with E-state index >= 15 is 0 Å². The summed E-state index contributed by atoms with van der Waals surface area (Å²) in [5, 5.41) is 8.14. The number of alkyl halides is 3. The van der Waals surface area contributed by atoms with Crippen molar-refractivity contribution in [1.82, 2.24) is 24.6 Å². The quantitative estimate of drug-likeness (QED) is 0.298. The van der Waals surface area contributed by atoms with Gasteiger partial charge in [0.2, 0.25) is 5.91 Å². The number of halogens is 3. The number of carbonyl (C=O) groups is 2. The van der Waals surface area contributed by atoms with E-state index in [1.807, 2.05) is 15.7 Å². The standard InChI is InChI=1S/C31H30F3N7O2/c32-31(33,34)22-13-14-36-24(16-22)38-30(43)20-11-9-19(10-12-20)27-26-28-21(17-37-29(26)35)6-3-1-2-4-8-25(42)40-15-5-7-23(18-40)41(28)39-27/h3,6,9-14,16-17,23H,1-2,4-5,7-8,15,18H2,(H2,35,37)(H,36,38,43)/b6-3+/t23-/m1/s1. The van der Waals surface area contributed by atoms with Crippen LogP contribution >= 0.6 is 0 Å². The number of nitrogen functional groups attached to an aromatic ring is 1. The van der Waals surface area contributed by atoms with Crippen molar-refractivity contribution in [3.8, 4) is 11.3 Å². The zero-order valence-electron chi connectivity index (χ0n) is 23.3. The fraction of sp³-hybridized carbons (Fsp3) is 0.323. The molecule has 2 amide bonds. The lowest BCUT2D eigenvalue weighted by atomic mass is 10.0. The zero-order chi connectivity index (χ0) is 30.1. The molecule has 5 heterocycles. The van der Waals surface area contributed by atoms with E-state index in [2.05, 4.69) is 21.4 Å². The number of pyridine rings is 2. The number of carbonyl (C=O) groups excluding carboxylic acids is 2. The Labute approximate surface area is 245 Å². The van der Waals surface area contributed by atoms with Crippen LogP contribution in [0.4, 0.5) is 24.8 Å². The maximum absolute atomic E-state index is 13.1. The van der Waals surface area contributed by atoms with E-state index in [1.54, 1.807) is 30.5 Å². The second kappa shape index (κ2) is 11.5. The van der Waals surface area contributed by atoms with Gasteiger partial charge in [0.05, 0.1) is 22.5 Å². The van der Waals surface area contributed by atoms with Crippen molar-refractivity contribution in [2.24, 2.45) is 0 Å². The molecular formula is C31H30F3N7O2. The fourth-order valence-electron chi connectivity index (χ4n) is 5.74. The smallest absolute Gasteiger partial charge is 0.383 e. The Bertz CT molecular complexity index is 1710. The maximum atomic E-state index is 13.1. The van der Waals surface area contributed by atoms with E-state index in [-0.39, 0.29) is 23.3 Å². The van der Waals surface area contributed by atoms with E-state index in [0.29, 0.717) is 35.4 Å². The molecule has 4 aromatic rings. The minimum atomic E-state index is -4.55. The first-order valence-electron chi connectivity index (χ1n) is 14.2. The fourth-order valence-corrected chi connectivity index (χ4v) is 5.74. The number of benzene rings is 1. The van der Waals surface area contributed by atoms with Gasteiger partial charge in [0.15, 0.2) is 0 Å². The van der Waals surface area contributed by atoms with Crippen LogP contribution in [0, 0.1) is 0 Å². The molecule has 1 aromatic carbocycles. The van der Waals surface area contributed by atoms with Crippen molar-refractivity contribution >= 4 is 40.4 Å². The van der Waals surface area contributed by atoms with Crippen molar-refractivity contribution in [1.29, 1.82) is 0 Å². The number of nitrogens with zero attached hydrogens (tertiary/aromatic N) is 5. The Kier molecular flexibility index (Phi) is 7.59. The van der Waals surface area contributed by atoms with Crippen molar-refractivity contribution in [3.63, 3.8) is 0 Å². The minimum absolute atomic E-state index is 0.0475. The number of nitrogens with one attached hydrogen (secondary N) is 1. The predicted octanol–water partition coefficient (Wildman–Crippen LogP) is 6.10. The molecule has 3 aromatic heterocycles. The molecule has 2 aliphatic heterocycles. The van der Waals surface area contributed by atoms with Crippen LogP contribution in [0.25, 0.3) is 28.2 Å². The maximum Gasteiger partial charge on any atom is 0.416 e. The molecule has 43 heavy (non-hydrogen) atoms. The molecule has 12 heteroatoms. The lowest BCUT2D eigenvalue weighted by Crippen LogP contribution is -2.40. The van der Waals surface area contributed by atoms with E-state index in [9.17, 15) is 22.8 Å². The Morgan fingerprint density at radius 2 is 1.88 bits per heavy atom. The lowest BCUT2D eigenvalue weighted by molar-refractivity contribution is -0.137. The second-order valence-electron chi connectivity index (χ2n) is 10.9. The van der Waals surface area contributed by atoms with Crippen molar-refractivity contribution in [3.05, 3.63) is 71.6 Å². The van der Waals surface area contributed by atoms with E-state index < -0.39 is 17.6 Å². The van der Waals surface area contributed by atoms with Gasteiger partial charge in [-0.3, -0.25) is 14.3 Å². The summed E-state index contributed by atoms with van der Waals surface area (Å²) in [5.41, 5.74) is 8.79. The summed E-state index contributed by atoms with van der Waals surface area (Å²) >= 11 is 0. The van der Waals surface area contributed by atoms with Crippen LogP contribution in [0.3, 0.4) is 0 Å². The third-order valence-electron chi connectivity index (χ3n) is 7.94. The van der Waals surface area contributed by atoms with Gasteiger partial charge >= 0.3 is 6.18 Å². The summed E-state index contributed by atoms with van der Waals surface area (Å²) in [5.74, 6) is -0.317. The summed E-state index contributed by atoms with van der Waals surface area (Å²) in [6.07, 6.45) is 7.17. The van der Waals surface area contributed by atoms with Gasteiger partial charge in [0, 0.05) is 48.6 Å². The molecule has 1 saturated heterocycles. The monoisotopic (exact) mass is 589 g/mol. The molecule has 0 saturated carbocycles. The van der Waals surface area contributed by atoms with Crippen LogP contribution in [-0.2, 0) is 11.0 Å². The molecule has 9 nitrogen and oxygen atoms in total. The molecule has 2 bridgehead atoms. The Hall–Kier alpha value is -4.74. The van der Waals surface area contributed by atoms with Crippen LogP contribution in [-0.4, -0.2) is 49.6 Å².